The number of piperidine rings is 1. The molecule has 20 heavy (non-hydrogen) atoms. The topological polar surface area (TPSA) is 83.6 Å². The number of β-amino-alcohol motifs (C(OH)–C–C–N with tert-alkyl or cyclic N) is 1. The zero-order chi connectivity index (χ0) is 15.1. The van der Waals surface area contributed by atoms with Crippen molar-refractivity contribution in [2.24, 2.45) is 0 Å². The summed E-state index contributed by atoms with van der Waals surface area (Å²) < 4.78 is 39.8. The van der Waals surface area contributed by atoms with Gasteiger partial charge in [-0.1, -0.05) is 0 Å². The van der Waals surface area contributed by atoms with Crippen LogP contribution >= 0.6 is 0 Å². The molecule has 1 saturated heterocycles. The van der Waals surface area contributed by atoms with Crippen molar-refractivity contribution in [3.63, 3.8) is 0 Å². The van der Waals surface area contributed by atoms with E-state index in [-0.39, 0.29) is 17.1 Å². The van der Waals surface area contributed by atoms with Crippen LogP contribution in [0.1, 0.15) is 25.3 Å². The number of sulfonamides is 1. The quantitative estimate of drug-likeness (QED) is 0.805. The number of aryl methyl sites for hydroxylation is 1. The predicted octanol–water partition coefficient (Wildman–Crippen LogP) is 1.25. The maximum Gasteiger partial charge on any atom is 0.243 e. The average Bonchev–Trinajstić information content (AvgIpc) is 2.32. The minimum Gasteiger partial charge on any atom is -0.396 e. The maximum absolute atomic E-state index is 13.3. The van der Waals surface area contributed by atoms with Crippen molar-refractivity contribution in [2.75, 3.05) is 18.8 Å². The molecule has 7 heteroatoms. The second-order valence-corrected chi connectivity index (χ2v) is 7.48. The zero-order valence-electron chi connectivity index (χ0n) is 11.6. The number of benzene rings is 1. The summed E-state index contributed by atoms with van der Waals surface area (Å²) in [4.78, 5) is -0.00546. The third-order valence-corrected chi connectivity index (χ3v) is 5.54. The zero-order valence-corrected chi connectivity index (χ0v) is 12.4. The Balaban J connectivity index is 2.43. The summed E-state index contributed by atoms with van der Waals surface area (Å²) in [6, 6.07) is 2.26. The van der Waals surface area contributed by atoms with Crippen LogP contribution in [0.2, 0.25) is 0 Å². The molecule has 0 aromatic heterocycles. The Morgan fingerprint density at radius 3 is 2.70 bits per heavy atom. The Hall–Kier alpha value is -1.18. The van der Waals surface area contributed by atoms with Crippen LogP contribution in [0.15, 0.2) is 17.0 Å². The third kappa shape index (κ3) is 2.79. The molecule has 0 aliphatic carbocycles. The van der Waals surface area contributed by atoms with Gasteiger partial charge in [-0.05, 0) is 44.4 Å². The number of hydrogen-bond donors (Lipinski definition) is 2. The van der Waals surface area contributed by atoms with E-state index < -0.39 is 21.4 Å². The van der Waals surface area contributed by atoms with Gasteiger partial charge < -0.3 is 10.8 Å². The fourth-order valence-corrected chi connectivity index (χ4v) is 4.30. The summed E-state index contributed by atoms with van der Waals surface area (Å²) >= 11 is 0. The molecule has 1 heterocycles. The van der Waals surface area contributed by atoms with Crippen molar-refractivity contribution in [1.29, 1.82) is 0 Å². The lowest BCUT2D eigenvalue weighted by molar-refractivity contribution is 0.00939. The van der Waals surface area contributed by atoms with Crippen molar-refractivity contribution in [3.05, 3.63) is 23.5 Å². The summed E-state index contributed by atoms with van der Waals surface area (Å²) in [6.45, 7) is 3.51. The lowest BCUT2D eigenvalue weighted by Gasteiger charge is -2.36. The van der Waals surface area contributed by atoms with Gasteiger partial charge in [0, 0.05) is 13.1 Å². The highest BCUT2D eigenvalue weighted by molar-refractivity contribution is 7.89. The number of hydrogen-bond acceptors (Lipinski definition) is 4. The molecule has 0 radical (unpaired) electrons. The second-order valence-electron chi connectivity index (χ2n) is 5.58. The standard InChI is InChI=1S/C13H19FN2O3S/c1-9-6-10(14)11(15)7-12(9)20(18,19)16-5-3-4-13(2,17)8-16/h6-7,17H,3-5,8,15H2,1-2H3. The lowest BCUT2D eigenvalue weighted by atomic mass is 9.97. The summed E-state index contributed by atoms with van der Waals surface area (Å²) in [5.41, 5.74) is 4.54. The van der Waals surface area contributed by atoms with Gasteiger partial charge in [0.25, 0.3) is 0 Å². The molecule has 0 spiro atoms. The number of rotatable bonds is 2. The minimum atomic E-state index is -3.78. The van der Waals surface area contributed by atoms with Crippen molar-refractivity contribution in [2.45, 2.75) is 37.2 Å². The molecule has 1 aliphatic heterocycles. The molecule has 0 bridgehead atoms. The number of nitrogens with zero attached hydrogens (tertiary/aromatic N) is 1. The van der Waals surface area contributed by atoms with Crippen LogP contribution in [0, 0.1) is 12.7 Å². The molecular weight excluding hydrogens is 283 g/mol. The number of halogens is 1. The smallest absolute Gasteiger partial charge is 0.243 e. The van der Waals surface area contributed by atoms with Crippen LogP contribution in [0.3, 0.4) is 0 Å². The predicted molar refractivity (Wildman–Crippen MR) is 74.2 cm³/mol. The summed E-state index contributed by atoms with van der Waals surface area (Å²) in [5.74, 6) is -0.632. The SMILES string of the molecule is Cc1cc(F)c(N)cc1S(=O)(=O)N1CCCC(C)(O)C1. The van der Waals surface area contributed by atoms with Crippen molar-refractivity contribution in [1.82, 2.24) is 4.31 Å². The van der Waals surface area contributed by atoms with Crippen LogP contribution in [-0.4, -0.2) is 36.5 Å². The van der Waals surface area contributed by atoms with E-state index in [9.17, 15) is 17.9 Å². The Morgan fingerprint density at radius 1 is 1.45 bits per heavy atom. The molecule has 1 unspecified atom stereocenters. The molecule has 0 saturated carbocycles. The van der Waals surface area contributed by atoms with Gasteiger partial charge in [-0.25, -0.2) is 12.8 Å². The third-order valence-electron chi connectivity index (χ3n) is 3.55. The molecule has 1 fully saturated rings. The second kappa shape index (κ2) is 4.98. The van der Waals surface area contributed by atoms with E-state index in [1.807, 2.05) is 0 Å². The van der Waals surface area contributed by atoms with Crippen LogP contribution in [-0.2, 0) is 10.0 Å². The largest absolute Gasteiger partial charge is 0.396 e. The number of nitrogens with two attached hydrogens (primary N) is 1. The molecule has 1 aromatic carbocycles. The highest BCUT2D eigenvalue weighted by Crippen LogP contribution is 2.29. The normalized spacial score (nSPS) is 24.8. The maximum atomic E-state index is 13.3. The average molecular weight is 302 g/mol. The number of nitrogen functional groups attached to an aromatic ring is 1. The van der Waals surface area contributed by atoms with E-state index in [4.69, 9.17) is 5.73 Å². The van der Waals surface area contributed by atoms with Gasteiger partial charge in [0.1, 0.15) is 5.82 Å². The Kier molecular flexibility index (Phi) is 3.79. The van der Waals surface area contributed by atoms with Gasteiger partial charge in [-0.15, -0.1) is 0 Å². The number of aliphatic hydroxyl groups is 1. The van der Waals surface area contributed by atoms with E-state index >= 15 is 0 Å². The van der Waals surface area contributed by atoms with Gasteiger partial charge in [-0.2, -0.15) is 4.31 Å². The van der Waals surface area contributed by atoms with Crippen molar-refractivity contribution >= 4 is 15.7 Å². The first kappa shape index (κ1) is 15.2. The van der Waals surface area contributed by atoms with Crippen molar-refractivity contribution in [3.8, 4) is 0 Å². The van der Waals surface area contributed by atoms with E-state index in [1.165, 1.54) is 11.2 Å². The fourth-order valence-electron chi connectivity index (χ4n) is 2.46. The first-order valence-electron chi connectivity index (χ1n) is 6.42. The van der Waals surface area contributed by atoms with Crippen LogP contribution in [0.5, 0.6) is 0 Å². The van der Waals surface area contributed by atoms with Crippen LogP contribution in [0.25, 0.3) is 0 Å². The summed E-state index contributed by atoms with van der Waals surface area (Å²) in [5, 5.41) is 10.0. The van der Waals surface area contributed by atoms with Gasteiger partial charge in [0.2, 0.25) is 10.0 Å². The molecule has 2 rings (SSSR count). The Morgan fingerprint density at radius 2 is 2.10 bits per heavy atom. The first-order chi connectivity index (χ1) is 9.13. The molecule has 1 atom stereocenters. The summed E-state index contributed by atoms with van der Waals surface area (Å²) in [7, 11) is -3.78. The van der Waals surface area contributed by atoms with E-state index in [2.05, 4.69) is 0 Å². The number of anilines is 1. The molecule has 1 aliphatic rings. The lowest BCUT2D eigenvalue weighted by Crippen LogP contribution is -2.48. The Labute approximate surface area is 118 Å². The van der Waals surface area contributed by atoms with Gasteiger partial charge >= 0.3 is 0 Å². The highest BCUT2D eigenvalue weighted by Gasteiger charge is 2.36. The molecule has 1 aromatic rings. The van der Waals surface area contributed by atoms with Gasteiger partial charge in [0.05, 0.1) is 16.2 Å². The van der Waals surface area contributed by atoms with Gasteiger partial charge in [0.15, 0.2) is 0 Å². The molecule has 5 nitrogen and oxygen atoms in total. The fraction of sp³-hybridized carbons (Fsp3) is 0.538. The molecular formula is C13H19FN2O3S. The Bertz CT molecular complexity index is 629. The molecule has 112 valence electrons. The van der Waals surface area contributed by atoms with E-state index in [0.29, 0.717) is 24.9 Å². The highest BCUT2D eigenvalue weighted by atomic mass is 32.2. The van der Waals surface area contributed by atoms with Crippen LogP contribution < -0.4 is 5.73 Å². The first-order valence-corrected chi connectivity index (χ1v) is 7.86. The molecule has 0 amide bonds. The minimum absolute atomic E-state index is 0.00546. The van der Waals surface area contributed by atoms with Crippen LogP contribution in [0.4, 0.5) is 10.1 Å². The molecule has 3 N–H and O–H groups in total. The van der Waals surface area contributed by atoms with Gasteiger partial charge in [-0.3, -0.25) is 0 Å². The monoisotopic (exact) mass is 302 g/mol. The van der Waals surface area contributed by atoms with Crippen molar-refractivity contribution < 1.29 is 17.9 Å². The summed E-state index contributed by atoms with van der Waals surface area (Å²) in [6.07, 6.45) is 1.14. The van der Waals surface area contributed by atoms with E-state index in [0.717, 1.165) is 12.1 Å². The van der Waals surface area contributed by atoms with E-state index in [1.54, 1.807) is 6.92 Å².